The number of hydrogen-bond donors (Lipinski definition) is 0. The predicted molar refractivity (Wildman–Crippen MR) is 59.7 cm³/mol. The van der Waals surface area contributed by atoms with Gasteiger partial charge < -0.3 is 14.4 Å². The van der Waals surface area contributed by atoms with Crippen molar-refractivity contribution in [3.8, 4) is 5.75 Å². The van der Waals surface area contributed by atoms with Gasteiger partial charge >= 0.3 is 0 Å². The molecule has 0 bridgehead atoms. The van der Waals surface area contributed by atoms with Gasteiger partial charge in [0.15, 0.2) is 0 Å². The van der Waals surface area contributed by atoms with Gasteiger partial charge in [-0.3, -0.25) is 4.79 Å². The fourth-order valence-corrected chi connectivity index (χ4v) is 1.76. The number of para-hydroxylation sites is 1. The summed E-state index contributed by atoms with van der Waals surface area (Å²) >= 11 is 0. The van der Waals surface area contributed by atoms with Crippen molar-refractivity contribution in [3.63, 3.8) is 0 Å². The van der Waals surface area contributed by atoms with Crippen molar-refractivity contribution >= 4 is 5.91 Å². The van der Waals surface area contributed by atoms with Gasteiger partial charge in [0.2, 0.25) is 0 Å². The van der Waals surface area contributed by atoms with E-state index in [1.54, 1.807) is 24.1 Å². The van der Waals surface area contributed by atoms with Crippen LogP contribution in [0, 0.1) is 0 Å². The Morgan fingerprint density at radius 3 is 2.69 bits per heavy atom. The van der Waals surface area contributed by atoms with Crippen molar-refractivity contribution in [2.24, 2.45) is 0 Å². The number of benzene rings is 1. The van der Waals surface area contributed by atoms with E-state index in [9.17, 15) is 4.79 Å². The number of hydrogen-bond acceptors (Lipinski definition) is 3. The fourth-order valence-electron chi connectivity index (χ4n) is 1.76. The van der Waals surface area contributed by atoms with Crippen LogP contribution in [0.3, 0.4) is 0 Å². The van der Waals surface area contributed by atoms with Crippen molar-refractivity contribution < 1.29 is 14.3 Å². The number of ether oxygens (including phenoxy) is 2. The Morgan fingerprint density at radius 2 is 2.00 bits per heavy atom. The molecule has 1 saturated heterocycles. The predicted octanol–water partition coefficient (Wildman–Crippen LogP) is 1.17. The van der Waals surface area contributed by atoms with Crippen LogP contribution in [0.4, 0.5) is 0 Å². The normalized spacial score (nSPS) is 15.9. The first kappa shape index (κ1) is 11.0. The van der Waals surface area contributed by atoms with Gasteiger partial charge in [-0.2, -0.15) is 0 Å². The number of methoxy groups -OCH3 is 1. The van der Waals surface area contributed by atoms with E-state index in [-0.39, 0.29) is 5.91 Å². The Labute approximate surface area is 94.8 Å². The molecule has 2 rings (SSSR count). The molecule has 0 N–H and O–H groups in total. The first-order valence-corrected chi connectivity index (χ1v) is 5.33. The SMILES string of the molecule is COc1ccccc1C(=O)N1CCOCC1. The Hall–Kier alpha value is -1.55. The highest BCUT2D eigenvalue weighted by molar-refractivity contribution is 5.97. The number of morpholine rings is 1. The van der Waals surface area contributed by atoms with Gasteiger partial charge in [-0.05, 0) is 12.1 Å². The highest BCUT2D eigenvalue weighted by Crippen LogP contribution is 2.19. The molecule has 4 heteroatoms. The Morgan fingerprint density at radius 1 is 1.31 bits per heavy atom. The molecule has 1 fully saturated rings. The third kappa shape index (κ3) is 2.17. The number of nitrogens with zero attached hydrogens (tertiary/aromatic N) is 1. The van der Waals surface area contributed by atoms with Crippen molar-refractivity contribution in [3.05, 3.63) is 29.8 Å². The lowest BCUT2D eigenvalue weighted by Gasteiger charge is -2.27. The molecule has 1 aromatic rings. The number of amides is 1. The topological polar surface area (TPSA) is 38.8 Å². The van der Waals surface area contributed by atoms with Crippen molar-refractivity contribution in [2.45, 2.75) is 0 Å². The molecule has 0 atom stereocenters. The Kier molecular flexibility index (Phi) is 3.41. The average Bonchev–Trinajstić information content (AvgIpc) is 2.39. The van der Waals surface area contributed by atoms with Crippen LogP contribution in [0.15, 0.2) is 24.3 Å². The van der Waals surface area contributed by atoms with E-state index in [1.165, 1.54) is 0 Å². The molecule has 1 aliphatic heterocycles. The lowest BCUT2D eigenvalue weighted by atomic mass is 10.1. The molecule has 16 heavy (non-hydrogen) atoms. The summed E-state index contributed by atoms with van der Waals surface area (Å²) < 4.78 is 10.4. The summed E-state index contributed by atoms with van der Waals surface area (Å²) in [6, 6.07) is 7.29. The summed E-state index contributed by atoms with van der Waals surface area (Å²) in [6.07, 6.45) is 0. The molecule has 0 spiro atoms. The standard InChI is InChI=1S/C12H15NO3/c1-15-11-5-3-2-4-10(11)12(14)13-6-8-16-9-7-13/h2-5H,6-9H2,1H3. The molecule has 1 aromatic carbocycles. The van der Waals surface area contributed by atoms with E-state index in [0.29, 0.717) is 37.6 Å². The molecule has 1 aliphatic rings. The second-order valence-electron chi connectivity index (χ2n) is 3.60. The smallest absolute Gasteiger partial charge is 0.257 e. The maximum absolute atomic E-state index is 12.2. The zero-order valence-corrected chi connectivity index (χ0v) is 9.31. The molecule has 0 unspecified atom stereocenters. The number of carbonyl (C=O) groups excluding carboxylic acids is 1. The van der Waals surface area contributed by atoms with Crippen LogP contribution in [0.1, 0.15) is 10.4 Å². The van der Waals surface area contributed by atoms with Gasteiger partial charge in [0.25, 0.3) is 5.91 Å². The third-order valence-electron chi connectivity index (χ3n) is 2.64. The van der Waals surface area contributed by atoms with Gasteiger partial charge in [0, 0.05) is 13.1 Å². The van der Waals surface area contributed by atoms with Crippen molar-refractivity contribution in [1.82, 2.24) is 4.90 Å². The zero-order valence-electron chi connectivity index (χ0n) is 9.31. The first-order valence-electron chi connectivity index (χ1n) is 5.33. The minimum Gasteiger partial charge on any atom is -0.496 e. The summed E-state index contributed by atoms with van der Waals surface area (Å²) in [6.45, 7) is 2.52. The van der Waals surface area contributed by atoms with Crippen LogP contribution in [0.5, 0.6) is 5.75 Å². The van der Waals surface area contributed by atoms with E-state index >= 15 is 0 Å². The highest BCUT2D eigenvalue weighted by Gasteiger charge is 2.20. The molecule has 0 aromatic heterocycles. The van der Waals surface area contributed by atoms with Crippen LogP contribution in [-0.4, -0.2) is 44.2 Å². The number of rotatable bonds is 2. The molecule has 86 valence electrons. The summed E-state index contributed by atoms with van der Waals surface area (Å²) in [5.41, 5.74) is 0.618. The largest absolute Gasteiger partial charge is 0.496 e. The molecule has 4 nitrogen and oxygen atoms in total. The molecule has 1 heterocycles. The second kappa shape index (κ2) is 4.99. The average molecular weight is 221 g/mol. The van der Waals surface area contributed by atoms with Crippen LogP contribution < -0.4 is 4.74 Å². The molecule has 0 saturated carbocycles. The third-order valence-corrected chi connectivity index (χ3v) is 2.64. The molecular formula is C12H15NO3. The molecule has 0 radical (unpaired) electrons. The van der Waals surface area contributed by atoms with Crippen LogP contribution in [0.2, 0.25) is 0 Å². The molecular weight excluding hydrogens is 206 g/mol. The number of carbonyl (C=O) groups is 1. The van der Waals surface area contributed by atoms with Crippen LogP contribution in [0.25, 0.3) is 0 Å². The summed E-state index contributed by atoms with van der Waals surface area (Å²) in [5, 5.41) is 0. The summed E-state index contributed by atoms with van der Waals surface area (Å²) in [7, 11) is 1.57. The van der Waals surface area contributed by atoms with E-state index in [2.05, 4.69) is 0 Å². The minimum absolute atomic E-state index is 0.0146. The highest BCUT2D eigenvalue weighted by atomic mass is 16.5. The second-order valence-corrected chi connectivity index (χ2v) is 3.60. The fraction of sp³-hybridized carbons (Fsp3) is 0.417. The van der Waals surface area contributed by atoms with Crippen molar-refractivity contribution in [2.75, 3.05) is 33.4 Å². The van der Waals surface area contributed by atoms with Gasteiger partial charge in [-0.1, -0.05) is 12.1 Å². The van der Waals surface area contributed by atoms with Gasteiger partial charge in [-0.25, -0.2) is 0 Å². The van der Waals surface area contributed by atoms with E-state index in [4.69, 9.17) is 9.47 Å². The lowest BCUT2D eigenvalue weighted by molar-refractivity contribution is 0.0301. The first-order chi connectivity index (χ1) is 7.83. The molecule has 0 aliphatic carbocycles. The van der Waals surface area contributed by atoms with Gasteiger partial charge in [-0.15, -0.1) is 0 Å². The Balaban J connectivity index is 2.19. The lowest BCUT2D eigenvalue weighted by Crippen LogP contribution is -2.40. The zero-order chi connectivity index (χ0) is 11.4. The van der Waals surface area contributed by atoms with E-state index < -0.39 is 0 Å². The van der Waals surface area contributed by atoms with Gasteiger partial charge in [0.1, 0.15) is 5.75 Å². The van der Waals surface area contributed by atoms with Gasteiger partial charge in [0.05, 0.1) is 25.9 Å². The summed E-state index contributed by atoms with van der Waals surface area (Å²) in [5.74, 6) is 0.639. The van der Waals surface area contributed by atoms with E-state index in [0.717, 1.165) is 0 Å². The monoisotopic (exact) mass is 221 g/mol. The maximum Gasteiger partial charge on any atom is 0.257 e. The van der Waals surface area contributed by atoms with Crippen molar-refractivity contribution in [1.29, 1.82) is 0 Å². The maximum atomic E-state index is 12.2. The summed E-state index contributed by atoms with van der Waals surface area (Å²) in [4.78, 5) is 14.0. The van der Waals surface area contributed by atoms with Crippen LogP contribution in [-0.2, 0) is 4.74 Å². The quantitative estimate of drug-likeness (QED) is 0.752. The van der Waals surface area contributed by atoms with E-state index in [1.807, 2.05) is 12.1 Å². The molecule has 1 amide bonds. The Bertz CT molecular complexity index is 372. The minimum atomic E-state index is 0.0146. The van der Waals surface area contributed by atoms with Crippen LogP contribution >= 0.6 is 0 Å².